The number of aryl methyl sites for hydroxylation is 4. The number of hydrogen-bond donors (Lipinski definition) is 0. The second kappa shape index (κ2) is 19.1. The summed E-state index contributed by atoms with van der Waals surface area (Å²) in [7, 11) is 3.01. The number of rotatable bonds is 11. The Labute approximate surface area is 346 Å². The summed E-state index contributed by atoms with van der Waals surface area (Å²) >= 11 is 0. The van der Waals surface area contributed by atoms with Gasteiger partial charge in [-0.25, -0.2) is 14.4 Å². The quantitative estimate of drug-likeness (QED) is 0.0726. The van der Waals surface area contributed by atoms with E-state index in [-0.39, 0.29) is 11.2 Å². The number of benzene rings is 6. The van der Waals surface area contributed by atoms with E-state index in [0.717, 1.165) is 45.6 Å². The molecule has 0 spiro atoms. The molecular weight excluding hydrogens is 741 g/mol. The van der Waals surface area contributed by atoms with Gasteiger partial charge in [-0.15, -0.1) is 0 Å². The molecule has 0 aliphatic rings. The molecule has 6 aromatic carbocycles. The normalized spacial score (nSPS) is 10.8. The third-order valence-electron chi connectivity index (χ3n) is 10.2. The van der Waals surface area contributed by atoms with Crippen molar-refractivity contribution in [2.75, 3.05) is 14.2 Å². The SMILES string of the molecule is CC(=O)c1ccc(C(=O)Oc2ccc(C(C)(C)c3ccccc3)cc2)cc1.COC(=O)c1ccc(C(=O)Oc2c(C)cc(Cc3cc(C)c(OC)c(C)c3)cc2C)cc1. The van der Waals surface area contributed by atoms with E-state index in [9.17, 15) is 19.2 Å². The molecule has 59 heavy (non-hydrogen) atoms. The maximum atomic E-state index is 12.6. The fraction of sp³-hybridized carbons (Fsp3) is 0.216. The lowest BCUT2D eigenvalue weighted by Crippen LogP contribution is -2.18. The molecule has 8 heteroatoms. The van der Waals surface area contributed by atoms with Gasteiger partial charge in [0.2, 0.25) is 0 Å². The van der Waals surface area contributed by atoms with E-state index in [2.05, 4.69) is 42.8 Å². The molecule has 0 bridgehead atoms. The second-order valence-electron chi connectivity index (χ2n) is 15.0. The van der Waals surface area contributed by atoms with Crippen molar-refractivity contribution in [2.24, 2.45) is 0 Å². The van der Waals surface area contributed by atoms with Crippen LogP contribution in [0.25, 0.3) is 0 Å². The van der Waals surface area contributed by atoms with Crippen LogP contribution in [0, 0.1) is 27.7 Å². The van der Waals surface area contributed by atoms with Gasteiger partial charge in [0.25, 0.3) is 0 Å². The topological polar surface area (TPSA) is 105 Å². The molecule has 6 rings (SSSR count). The number of Topliss-reactive ketones (excluding diaryl/α,β-unsaturated/α-hetero) is 1. The minimum absolute atomic E-state index is 0.0356. The summed E-state index contributed by atoms with van der Waals surface area (Å²) in [5.74, 6) is 0.562. The molecular formula is C51H50O8. The van der Waals surface area contributed by atoms with Crippen LogP contribution in [-0.4, -0.2) is 37.9 Å². The molecule has 0 aliphatic carbocycles. The minimum Gasteiger partial charge on any atom is -0.496 e. The second-order valence-corrected chi connectivity index (χ2v) is 15.0. The first-order valence-electron chi connectivity index (χ1n) is 19.2. The van der Waals surface area contributed by atoms with Crippen molar-refractivity contribution >= 4 is 23.7 Å². The maximum absolute atomic E-state index is 12.6. The van der Waals surface area contributed by atoms with Crippen molar-refractivity contribution < 1.29 is 38.1 Å². The number of ketones is 1. The first-order chi connectivity index (χ1) is 28.1. The van der Waals surface area contributed by atoms with Gasteiger partial charge in [-0.3, -0.25) is 4.79 Å². The van der Waals surface area contributed by atoms with Gasteiger partial charge in [0.15, 0.2) is 5.78 Å². The number of hydrogen-bond acceptors (Lipinski definition) is 8. The van der Waals surface area contributed by atoms with Crippen LogP contribution in [0.1, 0.15) is 107 Å². The predicted octanol–water partition coefficient (Wildman–Crippen LogP) is 11.0. The van der Waals surface area contributed by atoms with E-state index >= 15 is 0 Å². The molecule has 8 nitrogen and oxygen atoms in total. The lowest BCUT2D eigenvalue weighted by Gasteiger charge is -2.26. The Kier molecular flexibility index (Phi) is 14.0. The zero-order chi connectivity index (χ0) is 42.9. The molecule has 6 aromatic rings. The van der Waals surface area contributed by atoms with Crippen molar-refractivity contribution in [3.8, 4) is 17.2 Å². The van der Waals surface area contributed by atoms with E-state index in [1.807, 2.05) is 82.3 Å². The first kappa shape index (κ1) is 43.3. The predicted molar refractivity (Wildman–Crippen MR) is 230 cm³/mol. The van der Waals surface area contributed by atoms with Crippen molar-refractivity contribution in [1.82, 2.24) is 0 Å². The van der Waals surface area contributed by atoms with E-state index in [4.69, 9.17) is 14.2 Å². The van der Waals surface area contributed by atoms with Crippen molar-refractivity contribution in [3.63, 3.8) is 0 Å². The highest BCUT2D eigenvalue weighted by Crippen LogP contribution is 2.33. The van der Waals surface area contributed by atoms with Crippen LogP contribution in [-0.2, 0) is 16.6 Å². The van der Waals surface area contributed by atoms with Crippen LogP contribution in [0.2, 0.25) is 0 Å². The molecule has 0 aliphatic heterocycles. The monoisotopic (exact) mass is 790 g/mol. The van der Waals surface area contributed by atoms with Gasteiger partial charge >= 0.3 is 17.9 Å². The molecule has 0 N–H and O–H groups in total. The van der Waals surface area contributed by atoms with Gasteiger partial charge in [-0.05, 0) is 134 Å². The van der Waals surface area contributed by atoms with Crippen LogP contribution in [0.4, 0.5) is 0 Å². The average Bonchev–Trinajstić information content (AvgIpc) is 3.22. The Morgan fingerprint density at radius 1 is 0.492 bits per heavy atom. The highest BCUT2D eigenvalue weighted by molar-refractivity contribution is 5.96. The van der Waals surface area contributed by atoms with Crippen molar-refractivity contribution in [2.45, 2.75) is 60.3 Å². The third kappa shape index (κ3) is 10.8. The highest BCUT2D eigenvalue weighted by atomic mass is 16.5. The van der Waals surface area contributed by atoms with Crippen LogP contribution < -0.4 is 14.2 Å². The maximum Gasteiger partial charge on any atom is 0.343 e. The zero-order valence-corrected chi connectivity index (χ0v) is 35.1. The Bertz CT molecular complexity index is 2400. The molecule has 0 heterocycles. The Morgan fingerprint density at radius 3 is 1.34 bits per heavy atom. The fourth-order valence-electron chi connectivity index (χ4n) is 6.98. The molecule has 0 saturated heterocycles. The molecule has 0 amide bonds. The number of carbonyl (C=O) groups is 4. The molecule has 302 valence electrons. The van der Waals surface area contributed by atoms with E-state index in [0.29, 0.717) is 33.8 Å². The van der Waals surface area contributed by atoms with Crippen molar-refractivity contribution in [3.05, 3.63) is 194 Å². The summed E-state index contributed by atoms with van der Waals surface area (Å²) in [5, 5.41) is 0. The highest BCUT2D eigenvalue weighted by Gasteiger charge is 2.23. The van der Waals surface area contributed by atoms with Gasteiger partial charge in [0, 0.05) is 11.0 Å². The minimum atomic E-state index is -0.471. The van der Waals surface area contributed by atoms with Gasteiger partial charge < -0.3 is 18.9 Å². The number of ether oxygens (including phenoxy) is 4. The van der Waals surface area contributed by atoms with Crippen molar-refractivity contribution in [1.29, 1.82) is 0 Å². The van der Waals surface area contributed by atoms with Crippen LogP contribution in [0.5, 0.6) is 17.2 Å². The largest absolute Gasteiger partial charge is 0.496 e. The number of carbonyl (C=O) groups excluding carboxylic acids is 4. The summed E-state index contributed by atoms with van der Waals surface area (Å²) in [6.07, 6.45) is 0.774. The first-order valence-corrected chi connectivity index (χ1v) is 19.2. The molecule has 0 unspecified atom stereocenters. The van der Waals surface area contributed by atoms with Crippen LogP contribution in [0.3, 0.4) is 0 Å². The third-order valence-corrected chi connectivity index (χ3v) is 10.2. The Balaban J connectivity index is 0.000000227. The van der Waals surface area contributed by atoms with Gasteiger partial charge in [0.05, 0.1) is 30.9 Å². The van der Waals surface area contributed by atoms with Crippen LogP contribution in [0.15, 0.2) is 127 Å². The summed E-state index contributed by atoms with van der Waals surface area (Å²) in [5.41, 5.74) is 10.3. The van der Waals surface area contributed by atoms with E-state index in [1.165, 1.54) is 25.2 Å². The smallest absolute Gasteiger partial charge is 0.343 e. The van der Waals surface area contributed by atoms with E-state index in [1.54, 1.807) is 55.6 Å². The Morgan fingerprint density at radius 2 is 0.898 bits per heavy atom. The van der Waals surface area contributed by atoms with Gasteiger partial charge in [-0.2, -0.15) is 0 Å². The summed E-state index contributed by atoms with van der Waals surface area (Å²) in [6, 6.07) is 38.9. The van der Waals surface area contributed by atoms with Gasteiger partial charge in [-0.1, -0.05) is 92.7 Å². The summed E-state index contributed by atoms with van der Waals surface area (Å²) in [6.45, 7) is 13.8. The van der Waals surface area contributed by atoms with Gasteiger partial charge in [0.1, 0.15) is 17.2 Å². The zero-order valence-electron chi connectivity index (χ0n) is 35.1. The number of methoxy groups -OCH3 is 2. The summed E-state index contributed by atoms with van der Waals surface area (Å²) in [4.78, 5) is 47.8. The van der Waals surface area contributed by atoms with E-state index < -0.39 is 17.9 Å². The molecule has 0 fully saturated rings. The Hall–Kier alpha value is -6.80. The molecule has 0 atom stereocenters. The van der Waals surface area contributed by atoms with Crippen LogP contribution >= 0.6 is 0 Å². The average molecular weight is 791 g/mol. The molecule has 0 radical (unpaired) electrons. The lowest BCUT2D eigenvalue weighted by atomic mass is 9.78. The lowest BCUT2D eigenvalue weighted by molar-refractivity contribution is 0.0598. The summed E-state index contributed by atoms with van der Waals surface area (Å²) < 4.78 is 21.3. The fourth-order valence-corrected chi connectivity index (χ4v) is 6.98. The molecule has 0 saturated carbocycles. The standard InChI is InChI=1S/C27H28O5.C24H22O3/c1-16-11-20(12-17(2)24(16)30-5)15-21-13-18(3)25(19(4)14-21)32-27(29)23-9-7-22(8-10-23)26(28)31-6;1-17(25)18-9-11-19(12-10-18)23(26)27-22-15-13-21(14-16-22)24(2,3)20-7-5-4-6-8-20/h7-14H,15H2,1-6H3;4-16H,1-3H3. The number of esters is 3. The molecule has 0 aromatic heterocycles.